The van der Waals surface area contributed by atoms with E-state index < -0.39 is 0 Å². The van der Waals surface area contributed by atoms with Crippen LogP contribution in [0.2, 0.25) is 0 Å². The first kappa shape index (κ1) is 21.0. The van der Waals surface area contributed by atoms with Gasteiger partial charge in [0.25, 0.3) is 0 Å². The molecule has 0 saturated carbocycles. The van der Waals surface area contributed by atoms with Crippen LogP contribution >= 0.6 is 0 Å². The number of hydrogen-bond acceptors (Lipinski definition) is 4. The Kier molecular flexibility index (Phi) is 6.46. The van der Waals surface area contributed by atoms with Gasteiger partial charge < -0.3 is 20.8 Å². The number of phenolic OH excluding ortho intramolecular Hbond substituents is 2. The van der Waals surface area contributed by atoms with Gasteiger partial charge in [-0.15, -0.1) is 0 Å². The molecule has 4 N–H and O–H groups in total. The second-order valence-corrected chi connectivity index (χ2v) is 7.11. The molecule has 0 spiro atoms. The Hall–Kier alpha value is -3.28. The number of carbonyl (C=O) groups is 2. The summed E-state index contributed by atoms with van der Waals surface area (Å²) in [6.45, 7) is 10.6. The Balaban J connectivity index is 2.26. The minimum absolute atomic E-state index is 0.00866. The van der Waals surface area contributed by atoms with Gasteiger partial charge in [-0.2, -0.15) is 0 Å². The Morgan fingerprint density at radius 2 is 1.18 bits per heavy atom. The van der Waals surface area contributed by atoms with Crippen molar-refractivity contribution in [2.45, 2.75) is 40.5 Å². The van der Waals surface area contributed by atoms with Crippen LogP contribution < -0.4 is 10.6 Å². The standard InChI is InChI=1S/C22H26N2O4/c1-12(6-17-8-13(2)10-19(21(17)27)23-15(4)25)7-18-9-14(3)11-20(22(18)28)24-16(5)26/h8-11,27-28H,1,6-7H2,2-5H3,(H,23,25)(H,24,26). The Morgan fingerprint density at radius 3 is 1.50 bits per heavy atom. The smallest absolute Gasteiger partial charge is 0.221 e. The van der Waals surface area contributed by atoms with Gasteiger partial charge >= 0.3 is 0 Å². The largest absolute Gasteiger partial charge is 0.505 e. The molecule has 0 unspecified atom stereocenters. The summed E-state index contributed by atoms with van der Waals surface area (Å²) in [7, 11) is 0. The molecule has 0 radical (unpaired) electrons. The summed E-state index contributed by atoms with van der Waals surface area (Å²) in [5.41, 5.74) is 4.57. The maximum absolute atomic E-state index is 11.3. The SMILES string of the molecule is C=C(Cc1cc(C)cc(NC(C)=O)c1O)Cc1cc(C)cc(NC(C)=O)c1O. The number of allylic oxidation sites excluding steroid dienone is 1. The number of nitrogens with one attached hydrogen (secondary N) is 2. The molecule has 0 aliphatic heterocycles. The molecular weight excluding hydrogens is 356 g/mol. The number of benzene rings is 2. The van der Waals surface area contributed by atoms with Crippen LogP contribution in [-0.2, 0) is 22.4 Å². The van der Waals surface area contributed by atoms with Crippen LogP contribution in [0.1, 0.15) is 36.1 Å². The topological polar surface area (TPSA) is 98.7 Å². The van der Waals surface area contributed by atoms with E-state index in [1.54, 1.807) is 12.1 Å². The fraction of sp³-hybridized carbons (Fsp3) is 0.273. The molecule has 2 aromatic rings. The number of aryl methyl sites for hydroxylation is 2. The molecule has 6 nitrogen and oxygen atoms in total. The Morgan fingerprint density at radius 1 is 0.821 bits per heavy atom. The maximum Gasteiger partial charge on any atom is 0.221 e. The summed E-state index contributed by atoms with van der Waals surface area (Å²) >= 11 is 0. The van der Waals surface area contributed by atoms with E-state index in [-0.39, 0.29) is 23.3 Å². The molecule has 0 aromatic heterocycles. The lowest BCUT2D eigenvalue weighted by molar-refractivity contribution is -0.115. The normalized spacial score (nSPS) is 10.4. The van der Waals surface area contributed by atoms with Crippen molar-refractivity contribution >= 4 is 23.2 Å². The number of rotatable bonds is 6. The van der Waals surface area contributed by atoms with Crippen molar-refractivity contribution in [3.8, 4) is 11.5 Å². The molecule has 0 bridgehead atoms. The molecule has 0 atom stereocenters. The molecule has 0 fully saturated rings. The summed E-state index contributed by atoms with van der Waals surface area (Å²) in [6.07, 6.45) is 0.756. The Bertz CT molecular complexity index is 873. The lowest BCUT2D eigenvalue weighted by Gasteiger charge is -2.15. The molecule has 0 aliphatic carbocycles. The molecule has 2 aromatic carbocycles. The van der Waals surface area contributed by atoms with E-state index in [9.17, 15) is 19.8 Å². The van der Waals surface area contributed by atoms with Crippen LogP contribution in [-0.4, -0.2) is 22.0 Å². The number of phenols is 2. The van der Waals surface area contributed by atoms with Crippen molar-refractivity contribution < 1.29 is 19.8 Å². The number of hydrogen-bond donors (Lipinski definition) is 4. The van der Waals surface area contributed by atoms with Gasteiger partial charge in [-0.05, 0) is 49.9 Å². The third kappa shape index (κ3) is 5.36. The van der Waals surface area contributed by atoms with E-state index in [0.29, 0.717) is 35.3 Å². The third-order valence-electron chi connectivity index (χ3n) is 4.17. The van der Waals surface area contributed by atoms with Crippen LogP contribution in [0.3, 0.4) is 0 Å². The zero-order chi connectivity index (χ0) is 21.0. The van der Waals surface area contributed by atoms with Gasteiger partial charge in [-0.3, -0.25) is 9.59 Å². The summed E-state index contributed by atoms with van der Waals surface area (Å²) in [4.78, 5) is 22.7. The van der Waals surface area contributed by atoms with E-state index in [2.05, 4.69) is 17.2 Å². The van der Waals surface area contributed by atoms with Gasteiger partial charge in [-0.25, -0.2) is 0 Å². The summed E-state index contributed by atoms with van der Waals surface area (Å²) in [5, 5.41) is 26.2. The fourth-order valence-electron chi connectivity index (χ4n) is 3.15. The van der Waals surface area contributed by atoms with E-state index in [1.807, 2.05) is 26.0 Å². The van der Waals surface area contributed by atoms with E-state index in [4.69, 9.17) is 0 Å². The quantitative estimate of drug-likeness (QED) is 0.449. The van der Waals surface area contributed by atoms with Crippen molar-refractivity contribution in [1.29, 1.82) is 0 Å². The minimum Gasteiger partial charge on any atom is -0.505 e. The molecule has 148 valence electrons. The van der Waals surface area contributed by atoms with E-state index >= 15 is 0 Å². The van der Waals surface area contributed by atoms with Gasteiger partial charge in [0.1, 0.15) is 11.5 Å². The average Bonchev–Trinajstić information content (AvgIpc) is 2.55. The van der Waals surface area contributed by atoms with Crippen LogP contribution in [0.15, 0.2) is 36.4 Å². The van der Waals surface area contributed by atoms with Gasteiger partial charge in [0, 0.05) is 25.0 Å². The molecule has 2 rings (SSSR count). The first-order chi connectivity index (χ1) is 13.1. The predicted molar refractivity (Wildman–Crippen MR) is 111 cm³/mol. The van der Waals surface area contributed by atoms with E-state index in [1.165, 1.54) is 13.8 Å². The molecule has 6 heteroatoms. The molecule has 0 heterocycles. The first-order valence-corrected chi connectivity index (χ1v) is 8.93. The highest BCUT2D eigenvalue weighted by Gasteiger charge is 2.14. The second kappa shape index (κ2) is 8.61. The highest BCUT2D eigenvalue weighted by molar-refractivity contribution is 5.91. The van der Waals surface area contributed by atoms with Crippen LogP contribution in [0.25, 0.3) is 0 Å². The van der Waals surface area contributed by atoms with Crippen molar-refractivity contribution in [3.05, 3.63) is 58.7 Å². The van der Waals surface area contributed by atoms with Crippen LogP contribution in [0.4, 0.5) is 11.4 Å². The number of carbonyl (C=O) groups excluding carboxylic acids is 2. The minimum atomic E-state index is -0.263. The van der Waals surface area contributed by atoms with Gasteiger partial charge in [0.2, 0.25) is 11.8 Å². The zero-order valence-corrected chi connectivity index (χ0v) is 16.6. The monoisotopic (exact) mass is 382 g/mol. The predicted octanol–water partition coefficient (Wildman–Crippen LogP) is 3.97. The molecule has 2 amide bonds. The number of amides is 2. The van der Waals surface area contributed by atoms with Crippen LogP contribution in [0.5, 0.6) is 11.5 Å². The van der Waals surface area contributed by atoms with Crippen LogP contribution in [0, 0.1) is 13.8 Å². The van der Waals surface area contributed by atoms with Crippen molar-refractivity contribution in [1.82, 2.24) is 0 Å². The number of aromatic hydroxyl groups is 2. The molecule has 0 aliphatic rings. The van der Waals surface area contributed by atoms with Crippen molar-refractivity contribution in [2.24, 2.45) is 0 Å². The molecule has 0 saturated heterocycles. The van der Waals surface area contributed by atoms with E-state index in [0.717, 1.165) is 16.7 Å². The lowest BCUT2D eigenvalue weighted by Crippen LogP contribution is -2.08. The Labute approximate surface area is 164 Å². The average molecular weight is 382 g/mol. The fourth-order valence-corrected chi connectivity index (χ4v) is 3.15. The molecular formula is C22H26N2O4. The van der Waals surface area contributed by atoms with Gasteiger partial charge in [-0.1, -0.05) is 24.3 Å². The second-order valence-electron chi connectivity index (χ2n) is 7.11. The zero-order valence-electron chi connectivity index (χ0n) is 16.6. The molecule has 28 heavy (non-hydrogen) atoms. The highest BCUT2D eigenvalue weighted by Crippen LogP contribution is 2.34. The maximum atomic E-state index is 11.3. The van der Waals surface area contributed by atoms with Crippen molar-refractivity contribution in [3.63, 3.8) is 0 Å². The summed E-state index contributed by atoms with van der Waals surface area (Å²) in [5.74, 6) is -0.509. The van der Waals surface area contributed by atoms with Crippen molar-refractivity contribution in [2.75, 3.05) is 10.6 Å². The van der Waals surface area contributed by atoms with Gasteiger partial charge in [0.05, 0.1) is 11.4 Å². The number of anilines is 2. The summed E-state index contributed by atoms with van der Waals surface area (Å²) in [6, 6.07) is 7.08. The van der Waals surface area contributed by atoms with Gasteiger partial charge in [0.15, 0.2) is 0 Å². The highest BCUT2D eigenvalue weighted by atomic mass is 16.3. The first-order valence-electron chi connectivity index (χ1n) is 8.93. The third-order valence-corrected chi connectivity index (χ3v) is 4.17. The summed E-state index contributed by atoms with van der Waals surface area (Å²) < 4.78 is 0. The lowest BCUT2D eigenvalue weighted by atomic mass is 9.95.